The Kier molecular flexibility index (Phi) is 7.20. The van der Waals surface area contributed by atoms with Crippen molar-refractivity contribution in [2.75, 3.05) is 44.4 Å². The second-order valence-corrected chi connectivity index (χ2v) is 10.5. The average Bonchev–Trinajstić information content (AvgIpc) is 3.14. The van der Waals surface area contributed by atoms with Gasteiger partial charge in [0.25, 0.3) is 5.91 Å². The van der Waals surface area contributed by atoms with Crippen molar-refractivity contribution in [3.8, 4) is 5.75 Å². The summed E-state index contributed by atoms with van der Waals surface area (Å²) in [6.07, 6.45) is 1.25. The van der Waals surface area contributed by atoms with Crippen molar-refractivity contribution in [2.24, 2.45) is 0 Å². The van der Waals surface area contributed by atoms with Crippen molar-refractivity contribution in [3.63, 3.8) is 0 Å². The van der Waals surface area contributed by atoms with Crippen LogP contribution in [-0.2, 0) is 27.9 Å². The number of anilines is 1. The number of hydrogen-bond donors (Lipinski definition) is 1. The van der Waals surface area contributed by atoms with Crippen LogP contribution in [0.5, 0.6) is 5.75 Å². The van der Waals surface area contributed by atoms with E-state index in [-0.39, 0.29) is 12.5 Å². The van der Waals surface area contributed by atoms with Crippen LogP contribution in [0.3, 0.4) is 0 Å². The number of hydrogen-bond acceptors (Lipinski definition) is 6. The zero-order valence-corrected chi connectivity index (χ0v) is 20.6. The van der Waals surface area contributed by atoms with E-state index in [0.29, 0.717) is 44.2 Å². The number of nitrogens with one attached hydrogen (secondary N) is 1. The van der Waals surface area contributed by atoms with Crippen LogP contribution in [0.25, 0.3) is 11.0 Å². The molecule has 10 heteroatoms. The summed E-state index contributed by atoms with van der Waals surface area (Å²) in [7, 11) is -3.15. The lowest BCUT2D eigenvalue weighted by atomic mass is 10.2. The van der Waals surface area contributed by atoms with Gasteiger partial charge in [0.15, 0.2) is 6.61 Å². The summed E-state index contributed by atoms with van der Waals surface area (Å²) in [5.41, 5.74) is 3.61. The Bertz CT molecular complexity index is 1260. The zero-order chi connectivity index (χ0) is 24.3. The molecule has 1 amide bonds. The van der Waals surface area contributed by atoms with E-state index in [9.17, 15) is 13.2 Å². The number of piperazine rings is 1. The molecular formula is C24H31N5O4S. The van der Waals surface area contributed by atoms with Crippen molar-refractivity contribution in [1.29, 1.82) is 0 Å². The molecule has 0 saturated carbocycles. The van der Waals surface area contributed by atoms with E-state index in [1.54, 1.807) is 0 Å². The number of carbonyl (C=O) groups excluding carboxylic acids is 1. The lowest BCUT2D eigenvalue weighted by Crippen LogP contribution is -2.48. The summed E-state index contributed by atoms with van der Waals surface area (Å²) in [4.78, 5) is 19.4. The van der Waals surface area contributed by atoms with Gasteiger partial charge in [-0.05, 0) is 44.2 Å². The van der Waals surface area contributed by atoms with Gasteiger partial charge in [0.1, 0.15) is 11.6 Å². The first-order valence-corrected chi connectivity index (χ1v) is 13.2. The van der Waals surface area contributed by atoms with Gasteiger partial charge in [-0.15, -0.1) is 0 Å². The summed E-state index contributed by atoms with van der Waals surface area (Å²) < 4.78 is 32.7. The van der Waals surface area contributed by atoms with Gasteiger partial charge in [0.05, 0.1) is 23.8 Å². The highest BCUT2D eigenvalue weighted by atomic mass is 32.2. The average molecular weight is 486 g/mol. The number of benzene rings is 2. The number of carbonyl (C=O) groups is 1. The molecule has 1 N–H and O–H groups in total. The Morgan fingerprint density at radius 2 is 1.79 bits per heavy atom. The quantitative estimate of drug-likeness (QED) is 0.527. The van der Waals surface area contributed by atoms with Crippen molar-refractivity contribution in [1.82, 2.24) is 18.8 Å². The first kappa shape index (κ1) is 24.2. The number of sulfonamides is 1. The molecule has 0 unspecified atom stereocenters. The fraction of sp³-hybridized carbons (Fsp3) is 0.417. The molecule has 4 rings (SSSR count). The maximum atomic E-state index is 12.4. The van der Waals surface area contributed by atoms with Crippen molar-refractivity contribution < 1.29 is 17.9 Å². The smallest absolute Gasteiger partial charge is 0.262 e. The maximum absolute atomic E-state index is 12.4. The number of nitrogens with zero attached hydrogens (tertiary/aromatic N) is 4. The first-order valence-electron chi connectivity index (χ1n) is 11.4. The lowest BCUT2D eigenvalue weighted by Gasteiger charge is -2.32. The molecule has 34 heavy (non-hydrogen) atoms. The fourth-order valence-electron chi connectivity index (χ4n) is 4.13. The Labute approximate surface area is 200 Å². The highest BCUT2D eigenvalue weighted by molar-refractivity contribution is 7.88. The molecule has 3 aromatic rings. The van der Waals surface area contributed by atoms with Crippen LogP contribution in [0.2, 0.25) is 0 Å². The summed E-state index contributed by atoms with van der Waals surface area (Å²) in [5, 5.41) is 2.88. The monoisotopic (exact) mass is 485 g/mol. The van der Waals surface area contributed by atoms with E-state index in [4.69, 9.17) is 9.72 Å². The van der Waals surface area contributed by atoms with E-state index in [1.165, 1.54) is 10.6 Å². The van der Waals surface area contributed by atoms with Gasteiger partial charge >= 0.3 is 0 Å². The van der Waals surface area contributed by atoms with Crippen molar-refractivity contribution in [2.45, 2.75) is 26.9 Å². The van der Waals surface area contributed by atoms with Gasteiger partial charge in [-0.25, -0.2) is 13.4 Å². The molecule has 1 fully saturated rings. The molecule has 0 radical (unpaired) electrons. The SMILES string of the molecule is CCn1c(CN2CCN(S(C)(=O)=O)CC2)nc2cc(NC(=O)COc3ccc(C)cc3)ccc21. The topological polar surface area (TPSA) is 96.8 Å². The zero-order valence-electron chi connectivity index (χ0n) is 19.8. The van der Waals surface area contributed by atoms with Crippen molar-refractivity contribution >= 4 is 32.7 Å². The molecule has 0 aliphatic carbocycles. The molecule has 0 bridgehead atoms. The number of rotatable bonds is 8. The van der Waals surface area contributed by atoms with Gasteiger partial charge < -0.3 is 14.6 Å². The predicted octanol–water partition coefficient (Wildman–Crippen LogP) is 2.46. The minimum absolute atomic E-state index is 0.0742. The van der Waals surface area contributed by atoms with Gasteiger partial charge in [0.2, 0.25) is 10.0 Å². The van der Waals surface area contributed by atoms with Gasteiger partial charge in [-0.1, -0.05) is 17.7 Å². The van der Waals surface area contributed by atoms with E-state index >= 15 is 0 Å². The molecule has 2 aromatic carbocycles. The maximum Gasteiger partial charge on any atom is 0.262 e. The molecule has 2 heterocycles. The first-order chi connectivity index (χ1) is 16.2. The third kappa shape index (κ3) is 5.75. The third-order valence-corrected chi connectivity index (χ3v) is 7.29. The number of ether oxygens (including phenoxy) is 1. The van der Waals surface area contributed by atoms with Crippen LogP contribution in [-0.4, -0.2) is 72.1 Å². The molecule has 1 aliphatic rings. The number of amides is 1. The van der Waals surface area contributed by atoms with Gasteiger partial charge in [0, 0.05) is 38.4 Å². The second kappa shape index (κ2) is 10.1. The number of imidazole rings is 1. The Morgan fingerprint density at radius 1 is 1.09 bits per heavy atom. The highest BCUT2D eigenvalue weighted by Crippen LogP contribution is 2.22. The Balaban J connectivity index is 1.40. The summed E-state index contributed by atoms with van der Waals surface area (Å²) in [6, 6.07) is 13.3. The minimum Gasteiger partial charge on any atom is -0.484 e. The Morgan fingerprint density at radius 3 is 2.44 bits per heavy atom. The van der Waals surface area contributed by atoms with Crippen LogP contribution < -0.4 is 10.1 Å². The van der Waals surface area contributed by atoms with E-state index < -0.39 is 10.0 Å². The molecular weight excluding hydrogens is 454 g/mol. The Hall–Kier alpha value is -2.95. The highest BCUT2D eigenvalue weighted by Gasteiger charge is 2.24. The molecule has 182 valence electrons. The standard InChI is InChI=1S/C24H31N5O4S/c1-4-29-22-10-7-19(25-24(30)17-33-20-8-5-18(2)6-9-20)15-21(22)26-23(29)16-27-11-13-28(14-12-27)34(3,31)32/h5-10,15H,4,11-14,16-17H2,1-3H3,(H,25,30). The molecule has 1 aliphatic heterocycles. The van der Waals surface area contributed by atoms with E-state index in [2.05, 4.69) is 21.7 Å². The van der Waals surface area contributed by atoms with Crippen LogP contribution >= 0.6 is 0 Å². The van der Waals surface area contributed by atoms with Crippen LogP contribution in [0, 0.1) is 6.92 Å². The van der Waals surface area contributed by atoms with Crippen LogP contribution in [0.4, 0.5) is 5.69 Å². The summed E-state index contributed by atoms with van der Waals surface area (Å²) in [6.45, 7) is 7.73. The number of aromatic nitrogens is 2. The normalized spacial score (nSPS) is 15.5. The van der Waals surface area contributed by atoms with Crippen molar-refractivity contribution in [3.05, 3.63) is 53.9 Å². The number of fused-ring (bicyclic) bond motifs is 1. The minimum atomic E-state index is -3.15. The fourth-order valence-corrected chi connectivity index (χ4v) is 4.96. The van der Waals surface area contributed by atoms with Crippen LogP contribution in [0.15, 0.2) is 42.5 Å². The van der Waals surface area contributed by atoms with E-state index in [1.807, 2.05) is 49.4 Å². The summed E-state index contributed by atoms with van der Waals surface area (Å²) in [5.74, 6) is 1.34. The van der Waals surface area contributed by atoms with Gasteiger partial charge in [-0.2, -0.15) is 4.31 Å². The third-order valence-electron chi connectivity index (χ3n) is 5.98. The molecule has 1 saturated heterocycles. The molecule has 0 spiro atoms. The molecule has 1 aromatic heterocycles. The van der Waals surface area contributed by atoms with Crippen LogP contribution in [0.1, 0.15) is 18.3 Å². The molecule has 0 atom stereocenters. The second-order valence-electron chi connectivity index (χ2n) is 8.56. The van der Waals surface area contributed by atoms with E-state index in [0.717, 1.165) is 29.0 Å². The lowest BCUT2D eigenvalue weighted by molar-refractivity contribution is -0.118. The largest absolute Gasteiger partial charge is 0.484 e. The summed E-state index contributed by atoms with van der Waals surface area (Å²) >= 11 is 0. The predicted molar refractivity (Wildman–Crippen MR) is 132 cm³/mol. The van der Waals surface area contributed by atoms with Gasteiger partial charge in [-0.3, -0.25) is 9.69 Å². The number of aryl methyl sites for hydroxylation is 2. The molecule has 9 nitrogen and oxygen atoms in total.